The van der Waals surface area contributed by atoms with E-state index in [0.29, 0.717) is 12.1 Å². The zero-order valence-corrected chi connectivity index (χ0v) is 13.2. The number of hydrogen-bond donors (Lipinski definition) is 1. The summed E-state index contributed by atoms with van der Waals surface area (Å²) in [5.41, 5.74) is 0.981. The molecule has 1 aromatic rings. The lowest BCUT2D eigenvalue weighted by atomic mass is 10.0. The first kappa shape index (κ1) is 14.8. The van der Waals surface area contributed by atoms with Gasteiger partial charge in [-0.1, -0.05) is 20.3 Å². The molecule has 0 amide bonds. The molecular formula is C15H22BrFN2. The van der Waals surface area contributed by atoms with Gasteiger partial charge in [-0.25, -0.2) is 4.39 Å². The molecule has 1 heterocycles. The third-order valence-electron chi connectivity index (χ3n) is 3.83. The Morgan fingerprint density at radius 3 is 2.89 bits per heavy atom. The van der Waals surface area contributed by atoms with Crippen molar-refractivity contribution < 1.29 is 4.39 Å². The van der Waals surface area contributed by atoms with Crippen LogP contribution in [0.1, 0.15) is 33.1 Å². The predicted octanol–water partition coefficient (Wildman–Crippen LogP) is 3.95. The van der Waals surface area contributed by atoms with Crippen molar-refractivity contribution in [3.8, 4) is 0 Å². The van der Waals surface area contributed by atoms with Crippen LogP contribution in [-0.2, 0) is 0 Å². The van der Waals surface area contributed by atoms with Crippen molar-refractivity contribution in [2.75, 3.05) is 18.0 Å². The quantitative estimate of drug-likeness (QED) is 0.900. The maximum Gasteiger partial charge on any atom is 0.125 e. The Kier molecular flexibility index (Phi) is 5.22. The van der Waals surface area contributed by atoms with Gasteiger partial charge in [0.15, 0.2) is 0 Å². The van der Waals surface area contributed by atoms with Gasteiger partial charge in [0.25, 0.3) is 0 Å². The van der Waals surface area contributed by atoms with Gasteiger partial charge in [0.2, 0.25) is 0 Å². The molecule has 2 nitrogen and oxygen atoms in total. The minimum Gasteiger partial charge on any atom is -0.365 e. The molecule has 1 aliphatic rings. The molecule has 2 unspecified atom stereocenters. The second kappa shape index (κ2) is 6.71. The largest absolute Gasteiger partial charge is 0.365 e. The van der Waals surface area contributed by atoms with Gasteiger partial charge in [-0.2, -0.15) is 0 Å². The van der Waals surface area contributed by atoms with E-state index in [1.54, 1.807) is 12.1 Å². The maximum absolute atomic E-state index is 13.5. The molecule has 19 heavy (non-hydrogen) atoms. The average molecular weight is 329 g/mol. The fourth-order valence-electron chi connectivity index (χ4n) is 2.77. The average Bonchev–Trinajstić information content (AvgIpc) is 2.42. The monoisotopic (exact) mass is 328 g/mol. The van der Waals surface area contributed by atoms with Crippen molar-refractivity contribution in [2.45, 2.75) is 45.2 Å². The highest BCUT2D eigenvalue weighted by Crippen LogP contribution is 2.31. The summed E-state index contributed by atoms with van der Waals surface area (Å²) >= 11 is 3.55. The molecule has 0 aromatic heterocycles. The fraction of sp³-hybridized carbons (Fsp3) is 0.600. The zero-order chi connectivity index (χ0) is 13.8. The van der Waals surface area contributed by atoms with Crippen molar-refractivity contribution in [1.82, 2.24) is 5.32 Å². The first-order valence-electron chi connectivity index (χ1n) is 7.10. The van der Waals surface area contributed by atoms with E-state index >= 15 is 0 Å². The standard InChI is InChI=1S/C15H22BrFN2/c1-3-5-12-10-19(13(4-2)9-18-12)15-8-11(17)6-7-14(15)16/h6-8,12-13,18H,3-5,9-10H2,1-2H3. The lowest BCUT2D eigenvalue weighted by Gasteiger charge is -2.42. The summed E-state index contributed by atoms with van der Waals surface area (Å²) in [6, 6.07) is 5.88. The number of halogens is 2. The van der Waals surface area contributed by atoms with Crippen molar-refractivity contribution >= 4 is 21.6 Å². The van der Waals surface area contributed by atoms with Gasteiger partial charge in [0.1, 0.15) is 5.82 Å². The van der Waals surface area contributed by atoms with E-state index in [-0.39, 0.29) is 5.82 Å². The number of piperazine rings is 1. The molecule has 106 valence electrons. The molecule has 1 aliphatic heterocycles. The van der Waals surface area contributed by atoms with Gasteiger partial charge in [-0.05, 0) is 47.0 Å². The van der Waals surface area contributed by atoms with Crippen LogP contribution in [0.25, 0.3) is 0 Å². The summed E-state index contributed by atoms with van der Waals surface area (Å²) in [7, 11) is 0. The topological polar surface area (TPSA) is 15.3 Å². The summed E-state index contributed by atoms with van der Waals surface area (Å²) in [4.78, 5) is 2.35. The van der Waals surface area contributed by atoms with Gasteiger partial charge in [0, 0.05) is 29.6 Å². The number of hydrogen-bond acceptors (Lipinski definition) is 2. The normalized spacial score (nSPS) is 23.7. The number of rotatable bonds is 4. The van der Waals surface area contributed by atoms with Gasteiger partial charge >= 0.3 is 0 Å². The van der Waals surface area contributed by atoms with Crippen molar-refractivity contribution in [3.05, 3.63) is 28.5 Å². The summed E-state index contributed by atoms with van der Waals surface area (Å²) in [6.07, 6.45) is 3.40. The lowest BCUT2D eigenvalue weighted by molar-refractivity contribution is 0.368. The Hall–Kier alpha value is -0.610. The molecular weight excluding hydrogens is 307 g/mol. The highest BCUT2D eigenvalue weighted by atomic mass is 79.9. The Morgan fingerprint density at radius 1 is 1.42 bits per heavy atom. The summed E-state index contributed by atoms with van der Waals surface area (Å²) in [5, 5.41) is 3.60. The van der Waals surface area contributed by atoms with E-state index in [0.717, 1.165) is 29.7 Å². The van der Waals surface area contributed by atoms with Crippen LogP contribution >= 0.6 is 15.9 Å². The molecule has 0 aliphatic carbocycles. The molecule has 1 aromatic carbocycles. The SMILES string of the molecule is CCCC1CN(c2cc(F)ccc2Br)C(CC)CN1. The second-order valence-electron chi connectivity index (χ2n) is 5.20. The zero-order valence-electron chi connectivity index (χ0n) is 11.6. The number of nitrogens with one attached hydrogen (secondary N) is 1. The second-order valence-corrected chi connectivity index (χ2v) is 6.06. The van der Waals surface area contributed by atoms with Crippen LogP contribution in [-0.4, -0.2) is 25.2 Å². The predicted molar refractivity (Wildman–Crippen MR) is 82.2 cm³/mol. The van der Waals surface area contributed by atoms with Gasteiger partial charge in [-0.15, -0.1) is 0 Å². The number of benzene rings is 1. The molecule has 2 atom stereocenters. The molecule has 1 saturated heterocycles. The highest BCUT2D eigenvalue weighted by molar-refractivity contribution is 9.10. The van der Waals surface area contributed by atoms with Crippen LogP contribution in [0.15, 0.2) is 22.7 Å². The summed E-state index contributed by atoms with van der Waals surface area (Å²) < 4.78 is 14.5. The van der Waals surface area contributed by atoms with Crippen LogP contribution in [0.2, 0.25) is 0 Å². The van der Waals surface area contributed by atoms with Crippen molar-refractivity contribution in [2.24, 2.45) is 0 Å². The molecule has 1 fully saturated rings. The van der Waals surface area contributed by atoms with Crippen LogP contribution in [0.3, 0.4) is 0 Å². The van der Waals surface area contributed by atoms with Crippen molar-refractivity contribution in [3.63, 3.8) is 0 Å². The summed E-state index contributed by atoms with van der Waals surface area (Å²) in [6.45, 7) is 6.32. The van der Waals surface area contributed by atoms with Gasteiger partial charge < -0.3 is 10.2 Å². The minimum atomic E-state index is -0.168. The molecule has 4 heteroatoms. The smallest absolute Gasteiger partial charge is 0.125 e. The van der Waals surface area contributed by atoms with Crippen LogP contribution in [0.4, 0.5) is 10.1 Å². The van der Waals surface area contributed by atoms with E-state index in [4.69, 9.17) is 0 Å². The number of anilines is 1. The van der Waals surface area contributed by atoms with E-state index < -0.39 is 0 Å². The molecule has 0 bridgehead atoms. The molecule has 2 rings (SSSR count). The first-order chi connectivity index (χ1) is 9.15. The lowest BCUT2D eigenvalue weighted by Crippen LogP contribution is -2.56. The van der Waals surface area contributed by atoms with Gasteiger partial charge in [-0.3, -0.25) is 0 Å². The maximum atomic E-state index is 13.5. The van der Waals surface area contributed by atoms with E-state index in [1.165, 1.54) is 18.9 Å². The Labute approximate surface area is 123 Å². The molecule has 0 spiro atoms. The van der Waals surface area contributed by atoms with Crippen LogP contribution < -0.4 is 10.2 Å². The highest BCUT2D eigenvalue weighted by Gasteiger charge is 2.27. The minimum absolute atomic E-state index is 0.168. The van der Waals surface area contributed by atoms with Crippen LogP contribution in [0.5, 0.6) is 0 Å². The molecule has 0 saturated carbocycles. The van der Waals surface area contributed by atoms with E-state index in [1.807, 2.05) is 0 Å². The van der Waals surface area contributed by atoms with E-state index in [2.05, 4.69) is 40.0 Å². The van der Waals surface area contributed by atoms with E-state index in [9.17, 15) is 4.39 Å². The first-order valence-corrected chi connectivity index (χ1v) is 7.90. The Bertz CT molecular complexity index is 425. The van der Waals surface area contributed by atoms with Crippen LogP contribution in [0, 0.1) is 5.82 Å². The Balaban J connectivity index is 2.24. The van der Waals surface area contributed by atoms with Crippen molar-refractivity contribution in [1.29, 1.82) is 0 Å². The molecule has 0 radical (unpaired) electrons. The number of nitrogens with zero attached hydrogens (tertiary/aromatic N) is 1. The molecule has 1 N–H and O–H groups in total. The third-order valence-corrected chi connectivity index (χ3v) is 4.50. The third kappa shape index (κ3) is 3.48. The van der Waals surface area contributed by atoms with Gasteiger partial charge in [0.05, 0.1) is 5.69 Å². The summed E-state index contributed by atoms with van der Waals surface area (Å²) in [5.74, 6) is -0.168. The Morgan fingerprint density at radius 2 is 2.21 bits per heavy atom. The fourth-order valence-corrected chi connectivity index (χ4v) is 3.25.